The van der Waals surface area contributed by atoms with Crippen molar-refractivity contribution < 1.29 is 4.74 Å². The fraction of sp³-hybridized carbons (Fsp3) is 0.182. The quantitative estimate of drug-likeness (QED) is 0.658. The average Bonchev–Trinajstić information content (AvgIpc) is 2.21. The van der Waals surface area contributed by atoms with E-state index in [-0.39, 0.29) is 0 Å². The predicted octanol–water partition coefficient (Wildman–Crippen LogP) is 2.59. The molecule has 0 atom stereocenters. The van der Waals surface area contributed by atoms with Crippen molar-refractivity contribution in [3.8, 4) is 6.07 Å². The summed E-state index contributed by atoms with van der Waals surface area (Å²) in [7, 11) is 1.61. The Labute approximate surface area is 78.1 Å². The number of allylic oxidation sites excluding steroid dienone is 1. The van der Waals surface area contributed by atoms with Crippen LogP contribution in [-0.4, -0.2) is 7.11 Å². The zero-order valence-corrected chi connectivity index (χ0v) is 7.53. The van der Waals surface area contributed by atoms with Gasteiger partial charge in [0, 0.05) is 5.56 Å². The summed E-state index contributed by atoms with van der Waals surface area (Å²) >= 11 is 0. The summed E-state index contributed by atoms with van der Waals surface area (Å²) in [6.45, 7) is 0. The second-order valence-corrected chi connectivity index (χ2v) is 2.50. The van der Waals surface area contributed by atoms with Crippen LogP contribution in [0, 0.1) is 11.3 Å². The van der Waals surface area contributed by atoms with E-state index in [1.165, 1.54) is 0 Å². The molecule has 0 fully saturated rings. The Morgan fingerprint density at radius 1 is 1.46 bits per heavy atom. The van der Waals surface area contributed by atoms with Gasteiger partial charge in [0.25, 0.3) is 0 Å². The van der Waals surface area contributed by atoms with E-state index >= 15 is 0 Å². The van der Waals surface area contributed by atoms with Gasteiger partial charge < -0.3 is 4.74 Å². The van der Waals surface area contributed by atoms with Gasteiger partial charge in [-0.1, -0.05) is 30.3 Å². The van der Waals surface area contributed by atoms with Gasteiger partial charge in [0.15, 0.2) is 0 Å². The van der Waals surface area contributed by atoms with Gasteiger partial charge >= 0.3 is 0 Å². The zero-order valence-electron chi connectivity index (χ0n) is 7.53. The van der Waals surface area contributed by atoms with Gasteiger partial charge in [0.05, 0.1) is 19.6 Å². The van der Waals surface area contributed by atoms with Crippen LogP contribution < -0.4 is 0 Å². The molecular formula is C11H11NO. The summed E-state index contributed by atoms with van der Waals surface area (Å²) in [4.78, 5) is 0. The molecule has 0 N–H and O–H groups in total. The lowest BCUT2D eigenvalue weighted by molar-refractivity contribution is 0.369. The third-order valence-electron chi connectivity index (χ3n) is 1.66. The molecule has 0 saturated heterocycles. The predicted molar refractivity (Wildman–Crippen MR) is 51.7 cm³/mol. The molecule has 0 unspecified atom stereocenters. The van der Waals surface area contributed by atoms with E-state index in [1.807, 2.05) is 36.4 Å². The Kier molecular flexibility index (Phi) is 3.59. The van der Waals surface area contributed by atoms with E-state index in [1.54, 1.807) is 13.2 Å². The van der Waals surface area contributed by atoms with E-state index in [9.17, 15) is 0 Å². The van der Waals surface area contributed by atoms with Crippen LogP contribution in [0.2, 0.25) is 0 Å². The number of hydrogen-bond acceptors (Lipinski definition) is 2. The second-order valence-electron chi connectivity index (χ2n) is 2.50. The van der Waals surface area contributed by atoms with Crippen LogP contribution in [0.25, 0.3) is 5.76 Å². The van der Waals surface area contributed by atoms with Crippen LogP contribution >= 0.6 is 0 Å². The first-order chi connectivity index (χ1) is 6.38. The number of methoxy groups -OCH3 is 1. The molecule has 0 radical (unpaired) electrons. The van der Waals surface area contributed by atoms with Crippen molar-refractivity contribution in [2.75, 3.05) is 7.11 Å². The van der Waals surface area contributed by atoms with Gasteiger partial charge in [-0.3, -0.25) is 0 Å². The first kappa shape index (κ1) is 9.34. The summed E-state index contributed by atoms with van der Waals surface area (Å²) in [5.41, 5.74) is 1.00. The largest absolute Gasteiger partial charge is 0.496 e. The van der Waals surface area contributed by atoms with Crippen LogP contribution in [0.3, 0.4) is 0 Å². The topological polar surface area (TPSA) is 33.0 Å². The van der Waals surface area contributed by atoms with E-state index < -0.39 is 0 Å². The summed E-state index contributed by atoms with van der Waals surface area (Å²) < 4.78 is 5.15. The number of hydrogen-bond donors (Lipinski definition) is 0. The van der Waals surface area contributed by atoms with E-state index in [0.29, 0.717) is 6.42 Å². The smallest absolute Gasteiger partial charge is 0.123 e. The van der Waals surface area contributed by atoms with Gasteiger partial charge in [0.1, 0.15) is 5.76 Å². The number of nitrogens with zero attached hydrogens (tertiary/aromatic N) is 1. The van der Waals surface area contributed by atoms with Gasteiger partial charge in [-0.15, -0.1) is 0 Å². The lowest BCUT2D eigenvalue weighted by Gasteiger charge is -2.04. The minimum absolute atomic E-state index is 0.373. The molecule has 66 valence electrons. The molecule has 0 aromatic heterocycles. The average molecular weight is 173 g/mol. The molecule has 1 rings (SSSR count). The summed E-state index contributed by atoms with van der Waals surface area (Å²) in [6.07, 6.45) is 2.15. The van der Waals surface area contributed by atoms with E-state index in [4.69, 9.17) is 10.00 Å². The molecule has 2 heteroatoms. The normalized spacial score (nSPS) is 10.6. The van der Waals surface area contributed by atoms with Crippen molar-refractivity contribution in [3.63, 3.8) is 0 Å². The van der Waals surface area contributed by atoms with Crippen molar-refractivity contribution in [1.29, 1.82) is 5.26 Å². The van der Waals surface area contributed by atoms with Crippen LogP contribution in [0.4, 0.5) is 0 Å². The van der Waals surface area contributed by atoms with Gasteiger partial charge in [-0.2, -0.15) is 5.26 Å². The van der Waals surface area contributed by atoms with Crippen molar-refractivity contribution in [3.05, 3.63) is 42.0 Å². The van der Waals surface area contributed by atoms with E-state index in [2.05, 4.69) is 0 Å². The SMILES string of the molecule is CO/C(=C/CC#N)c1ccccc1. The third kappa shape index (κ3) is 2.64. The highest BCUT2D eigenvalue weighted by molar-refractivity contribution is 5.59. The molecular weight excluding hydrogens is 162 g/mol. The standard InChI is InChI=1S/C11H11NO/c1-13-11(8-5-9-12)10-6-3-2-4-7-10/h2-4,6-8H,5H2,1H3/b11-8+. The van der Waals surface area contributed by atoms with Gasteiger partial charge in [-0.25, -0.2) is 0 Å². The van der Waals surface area contributed by atoms with Crippen LogP contribution in [-0.2, 0) is 4.74 Å². The van der Waals surface area contributed by atoms with Crippen molar-refractivity contribution in [2.24, 2.45) is 0 Å². The molecule has 0 aliphatic rings. The van der Waals surface area contributed by atoms with Crippen molar-refractivity contribution >= 4 is 5.76 Å². The molecule has 0 aliphatic carbocycles. The molecule has 0 bridgehead atoms. The molecule has 2 nitrogen and oxygen atoms in total. The first-order valence-electron chi connectivity index (χ1n) is 4.05. The minimum Gasteiger partial charge on any atom is -0.496 e. The maximum Gasteiger partial charge on any atom is 0.123 e. The molecule has 0 heterocycles. The number of ether oxygens (including phenoxy) is 1. The maximum absolute atomic E-state index is 8.41. The molecule has 0 saturated carbocycles. The summed E-state index contributed by atoms with van der Waals surface area (Å²) in [6, 6.07) is 11.8. The Hall–Kier alpha value is -1.75. The lowest BCUT2D eigenvalue weighted by atomic mass is 10.1. The summed E-state index contributed by atoms with van der Waals surface area (Å²) in [5, 5.41) is 8.41. The highest BCUT2D eigenvalue weighted by Gasteiger charge is 1.97. The molecule has 1 aromatic carbocycles. The Balaban J connectivity index is 2.86. The maximum atomic E-state index is 8.41. The van der Waals surface area contributed by atoms with Crippen LogP contribution in [0.1, 0.15) is 12.0 Å². The number of rotatable bonds is 3. The number of nitriles is 1. The Bertz CT molecular complexity index is 322. The van der Waals surface area contributed by atoms with Crippen molar-refractivity contribution in [1.82, 2.24) is 0 Å². The number of benzene rings is 1. The fourth-order valence-electron chi connectivity index (χ4n) is 1.06. The minimum atomic E-state index is 0.373. The van der Waals surface area contributed by atoms with Gasteiger partial charge in [0.2, 0.25) is 0 Å². The van der Waals surface area contributed by atoms with Gasteiger partial charge in [-0.05, 0) is 6.08 Å². The first-order valence-corrected chi connectivity index (χ1v) is 4.05. The highest BCUT2D eigenvalue weighted by atomic mass is 16.5. The summed E-state index contributed by atoms with van der Waals surface area (Å²) in [5.74, 6) is 0.752. The fourth-order valence-corrected chi connectivity index (χ4v) is 1.06. The molecule has 0 amide bonds. The monoisotopic (exact) mass is 173 g/mol. The Morgan fingerprint density at radius 3 is 2.69 bits per heavy atom. The Morgan fingerprint density at radius 2 is 2.15 bits per heavy atom. The molecule has 0 aliphatic heterocycles. The second kappa shape index (κ2) is 5.00. The van der Waals surface area contributed by atoms with Crippen LogP contribution in [0.5, 0.6) is 0 Å². The molecule has 1 aromatic rings. The highest BCUT2D eigenvalue weighted by Crippen LogP contribution is 2.14. The van der Waals surface area contributed by atoms with Crippen LogP contribution in [0.15, 0.2) is 36.4 Å². The van der Waals surface area contributed by atoms with Crippen molar-refractivity contribution in [2.45, 2.75) is 6.42 Å². The third-order valence-corrected chi connectivity index (χ3v) is 1.66. The lowest BCUT2D eigenvalue weighted by Crippen LogP contribution is -1.86. The molecule has 0 spiro atoms. The molecule has 13 heavy (non-hydrogen) atoms. The zero-order chi connectivity index (χ0) is 9.52. The van der Waals surface area contributed by atoms with E-state index in [0.717, 1.165) is 11.3 Å².